The molecule has 2 atom stereocenters. The molecule has 4 nitrogen and oxygen atoms in total. The van der Waals surface area contributed by atoms with Crippen molar-refractivity contribution in [1.82, 2.24) is 4.90 Å². The molecule has 4 heteroatoms. The summed E-state index contributed by atoms with van der Waals surface area (Å²) in [6.45, 7) is 3.36. The van der Waals surface area contributed by atoms with Crippen molar-refractivity contribution in [3.05, 3.63) is 29.8 Å². The topological polar surface area (TPSA) is 41.6 Å². The molecule has 3 rings (SSSR count). The Kier molecular flexibility index (Phi) is 2.61. The normalized spacial score (nSPS) is 28.2. The summed E-state index contributed by atoms with van der Waals surface area (Å²) in [5.74, 6) is 0.0419. The Labute approximate surface area is 101 Å². The summed E-state index contributed by atoms with van der Waals surface area (Å²) in [4.78, 5) is 13.9. The molecule has 0 aliphatic carbocycles. The van der Waals surface area contributed by atoms with Crippen LogP contribution in [0.5, 0.6) is 0 Å². The second-order valence-electron chi connectivity index (χ2n) is 4.58. The Hall–Kier alpha value is -1.39. The average Bonchev–Trinajstić information content (AvgIpc) is 2.67. The molecule has 90 valence electrons. The van der Waals surface area contributed by atoms with Crippen LogP contribution in [0.3, 0.4) is 0 Å². The second-order valence-corrected chi connectivity index (χ2v) is 4.58. The lowest BCUT2D eigenvalue weighted by molar-refractivity contribution is -0.118. The highest BCUT2D eigenvalue weighted by atomic mass is 16.5. The molecule has 1 saturated heterocycles. The van der Waals surface area contributed by atoms with E-state index in [0.29, 0.717) is 6.54 Å². The quantitative estimate of drug-likeness (QED) is 0.802. The van der Waals surface area contributed by atoms with E-state index in [1.807, 2.05) is 24.3 Å². The molecule has 0 aromatic heterocycles. The maximum absolute atomic E-state index is 11.8. The Balaban J connectivity index is 2.00. The van der Waals surface area contributed by atoms with Crippen molar-refractivity contribution in [3.63, 3.8) is 0 Å². The summed E-state index contributed by atoms with van der Waals surface area (Å²) in [6.07, 6.45) is 1.14. The van der Waals surface area contributed by atoms with E-state index in [1.54, 1.807) is 0 Å². The standard InChI is InChI=1S/C13H16N2O2/c1-2-9-7-15-8-12(16)14-11-6-4-3-5-10(11)13(15)17-9/h3-6,9,13H,2,7-8H2,1H3,(H,14,16)/t9-,13+/m1/s1. The van der Waals surface area contributed by atoms with E-state index < -0.39 is 0 Å². The van der Waals surface area contributed by atoms with E-state index >= 15 is 0 Å². The van der Waals surface area contributed by atoms with Crippen LogP contribution in [0.1, 0.15) is 25.1 Å². The van der Waals surface area contributed by atoms with Crippen molar-refractivity contribution in [2.75, 3.05) is 18.4 Å². The lowest BCUT2D eigenvalue weighted by Crippen LogP contribution is -2.30. The first-order valence-electron chi connectivity index (χ1n) is 6.06. The predicted octanol–water partition coefficient (Wildman–Crippen LogP) is 1.75. The zero-order valence-electron chi connectivity index (χ0n) is 9.85. The van der Waals surface area contributed by atoms with Gasteiger partial charge in [0, 0.05) is 17.8 Å². The third-order valence-corrected chi connectivity index (χ3v) is 3.39. The molecule has 1 fully saturated rings. The van der Waals surface area contributed by atoms with Gasteiger partial charge in [-0.15, -0.1) is 0 Å². The Morgan fingerprint density at radius 3 is 3.12 bits per heavy atom. The largest absolute Gasteiger partial charge is 0.354 e. The van der Waals surface area contributed by atoms with Crippen LogP contribution in [0.4, 0.5) is 5.69 Å². The van der Waals surface area contributed by atoms with Gasteiger partial charge in [0.25, 0.3) is 0 Å². The summed E-state index contributed by atoms with van der Waals surface area (Å²) in [5, 5.41) is 2.92. The summed E-state index contributed by atoms with van der Waals surface area (Å²) in [7, 11) is 0. The average molecular weight is 232 g/mol. The van der Waals surface area contributed by atoms with E-state index in [1.165, 1.54) is 0 Å². The van der Waals surface area contributed by atoms with Crippen LogP contribution in [-0.2, 0) is 9.53 Å². The van der Waals surface area contributed by atoms with Gasteiger partial charge in [0.2, 0.25) is 5.91 Å². The highest BCUT2D eigenvalue weighted by molar-refractivity contribution is 5.93. The van der Waals surface area contributed by atoms with Gasteiger partial charge >= 0.3 is 0 Å². The number of ether oxygens (including phenoxy) is 1. The van der Waals surface area contributed by atoms with Crippen LogP contribution in [0.15, 0.2) is 24.3 Å². The Bertz CT molecular complexity index is 447. The number of carbonyl (C=O) groups is 1. The van der Waals surface area contributed by atoms with Gasteiger partial charge in [0.15, 0.2) is 0 Å². The predicted molar refractivity (Wildman–Crippen MR) is 64.5 cm³/mol. The Morgan fingerprint density at radius 1 is 1.47 bits per heavy atom. The van der Waals surface area contributed by atoms with Crippen LogP contribution < -0.4 is 5.32 Å². The van der Waals surface area contributed by atoms with Gasteiger partial charge in [-0.3, -0.25) is 9.69 Å². The molecule has 1 N–H and O–H groups in total. The van der Waals surface area contributed by atoms with E-state index in [4.69, 9.17) is 4.74 Å². The minimum Gasteiger partial charge on any atom is -0.354 e. The lowest BCUT2D eigenvalue weighted by Gasteiger charge is -2.19. The van der Waals surface area contributed by atoms with E-state index in [0.717, 1.165) is 24.2 Å². The van der Waals surface area contributed by atoms with E-state index in [9.17, 15) is 4.79 Å². The van der Waals surface area contributed by atoms with Crippen molar-refractivity contribution < 1.29 is 9.53 Å². The van der Waals surface area contributed by atoms with Gasteiger partial charge in [-0.05, 0) is 12.5 Å². The fraction of sp³-hybridized carbons (Fsp3) is 0.462. The Morgan fingerprint density at radius 2 is 2.29 bits per heavy atom. The molecule has 0 bridgehead atoms. The van der Waals surface area contributed by atoms with Gasteiger partial charge in [-0.1, -0.05) is 25.1 Å². The fourth-order valence-electron chi connectivity index (χ4n) is 2.51. The third kappa shape index (κ3) is 1.83. The molecule has 0 unspecified atom stereocenters. The van der Waals surface area contributed by atoms with Gasteiger partial charge < -0.3 is 10.1 Å². The number of nitrogens with zero attached hydrogens (tertiary/aromatic N) is 1. The van der Waals surface area contributed by atoms with Gasteiger partial charge in [0.1, 0.15) is 6.23 Å². The zero-order valence-corrected chi connectivity index (χ0v) is 9.85. The number of nitrogens with one attached hydrogen (secondary N) is 1. The highest BCUT2D eigenvalue weighted by Gasteiger charge is 2.37. The minimum absolute atomic E-state index is 0.0419. The van der Waals surface area contributed by atoms with E-state index in [2.05, 4.69) is 17.1 Å². The molecule has 2 heterocycles. The maximum atomic E-state index is 11.8. The fourth-order valence-corrected chi connectivity index (χ4v) is 2.51. The molecule has 1 aromatic rings. The second kappa shape index (κ2) is 4.13. The lowest BCUT2D eigenvalue weighted by atomic mass is 10.1. The summed E-state index contributed by atoms with van der Waals surface area (Å²) < 4.78 is 6.00. The number of fused-ring (bicyclic) bond motifs is 3. The van der Waals surface area contributed by atoms with Crippen LogP contribution >= 0.6 is 0 Å². The number of benzene rings is 1. The molecule has 1 aromatic carbocycles. The van der Waals surface area contributed by atoms with Crippen LogP contribution in [-0.4, -0.2) is 30.0 Å². The van der Waals surface area contributed by atoms with Crippen molar-refractivity contribution in [3.8, 4) is 0 Å². The zero-order chi connectivity index (χ0) is 11.8. The number of hydrogen-bond donors (Lipinski definition) is 1. The van der Waals surface area contributed by atoms with Gasteiger partial charge in [0.05, 0.1) is 12.6 Å². The van der Waals surface area contributed by atoms with Crippen molar-refractivity contribution >= 4 is 11.6 Å². The highest BCUT2D eigenvalue weighted by Crippen LogP contribution is 2.36. The molecule has 0 spiro atoms. The first-order valence-corrected chi connectivity index (χ1v) is 6.06. The van der Waals surface area contributed by atoms with Crippen molar-refractivity contribution in [2.24, 2.45) is 0 Å². The molecular formula is C13H16N2O2. The number of hydrogen-bond acceptors (Lipinski definition) is 3. The van der Waals surface area contributed by atoms with Crippen LogP contribution in [0.2, 0.25) is 0 Å². The summed E-state index contributed by atoms with van der Waals surface area (Å²) in [5.41, 5.74) is 1.94. The van der Waals surface area contributed by atoms with Crippen molar-refractivity contribution in [1.29, 1.82) is 0 Å². The van der Waals surface area contributed by atoms with Gasteiger partial charge in [-0.2, -0.15) is 0 Å². The monoisotopic (exact) mass is 232 g/mol. The number of amides is 1. The first-order chi connectivity index (χ1) is 8.28. The molecule has 1 amide bonds. The summed E-state index contributed by atoms with van der Waals surface area (Å²) >= 11 is 0. The third-order valence-electron chi connectivity index (χ3n) is 3.39. The SMILES string of the molecule is CC[C@@H]1CN2CC(=O)Nc3ccccc3[C@@H]2O1. The minimum atomic E-state index is -0.0740. The van der Waals surface area contributed by atoms with Crippen LogP contribution in [0, 0.1) is 0 Å². The van der Waals surface area contributed by atoms with E-state index in [-0.39, 0.29) is 18.2 Å². The van der Waals surface area contributed by atoms with Crippen LogP contribution in [0.25, 0.3) is 0 Å². The number of rotatable bonds is 1. The maximum Gasteiger partial charge on any atom is 0.238 e. The van der Waals surface area contributed by atoms with Crippen molar-refractivity contribution in [2.45, 2.75) is 25.7 Å². The molecule has 2 aliphatic rings. The molecular weight excluding hydrogens is 216 g/mol. The summed E-state index contributed by atoms with van der Waals surface area (Å²) in [6, 6.07) is 7.87. The molecule has 0 radical (unpaired) electrons. The van der Waals surface area contributed by atoms with Gasteiger partial charge in [-0.25, -0.2) is 0 Å². The molecule has 17 heavy (non-hydrogen) atoms. The molecule has 2 aliphatic heterocycles. The number of carbonyl (C=O) groups excluding carboxylic acids is 1. The first kappa shape index (κ1) is 10.7. The number of anilines is 1. The smallest absolute Gasteiger partial charge is 0.238 e. The molecule has 0 saturated carbocycles. The number of para-hydroxylation sites is 1.